The second-order valence-corrected chi connectivity index (χ2v) is 6.31. The minimum atomic E-state index is -0.168. The van der Waals surface area contributed by atoms with Crippen molar-refractivity contribution in [3.8, 4) is 0 Å². The molecule has 1 saturated carbocycles. The smallest absolute Gasteiger partial charge is 0.322 e. The highest BCUT2D eigenvalue weighted by Crippen LogP contribution is 2.32. The Morgan fingerprint density at radius 1 is 1.27 bits per heavy atom. The number of urea groups is 1. The maximum Gasteiger partial charge on any atom is 0.322 e. The fourth-order valence-electron chi connectivity index (χ4n) is 2.38. The second kappa shape index (κ2) is 6.23. The van der Waals surface area contributed by atoms with Crippen LogP contribution in [0.15, 0.2) is 36.5 Å². The van der Waals surface area contributed by atoms with Crippen molar-refractivity contribution in [2.24, 2.45) is 7.05 Å². The van der Waals surface area contributed by atoms with E-state index in [1.807, 2.05) is 34.8 Å². The van der Waals surface area contributed by atoms with Crippen molar-refractivity contribution in [2.45, 2.75) is 25.4 Å². The quantitative estimate of drug-likeness (QED) is 0.874. The molecule has 1 heterocycles. The molecule has 1 fully saturated rings. The van der Waals surface area contributed by atoms with E-state index in [-0.39, 0.29) is 12.1 Å². The number of rotatable bonds is 4. The van der Waals surface area contributed by atoms with Gasteiger partial charge in [-0.3, -0.25) is 0 Å². The molecule has 1 N–H and O–H groups in total. The Balaban J connectivity index is 1.77. The zero-order chi connectivity index (χ0) is 15.7. The molecule has 0 unspecified atom stereocenters. The van der Waals surface area contributed by atoms with Gasteiger partial charge in [-0.2, -0.15) is 0 Å². The first-order valence-corrected chi connectivity index (χ1v) is 7.93. The summed E-state index contributed by atoms with van der Waals surface area (Å²) in [4.78, 5) is 14.5. The lowest BCUT2D eigenvalue weighted by Crippen LogP contribution is -2.36. The molecule has 22 heavy (non-hydrogen) atoms. The molecule has 4 nitrogen and oxygen atoms in total. The molecule has 0 radical (unpaired) electrons. The number of carbonyl (C=O) groups is 1. The highest BCUT2D eigenvalue weighted by Gasteiger charge is 2.33. The van der Waals surface area contributed by atoms with Crippen molar-refractivity contribution in [2.75, 3.05) is 5.32 Å². The minimum absolute atomic E-state index is 0.168. The molecule has 1 aromatic heterocycles. The molecule has 6 heteroatoms. The molecule has 1 aliphatic carbocycles. The van der Waals surface area contributed by atoms with Crippen LogP contribution >= 0.6 is 23.2 Å². The molecule has 116 valence electrons. The maximum absolute atomic E-state index is 12.6. The molecule has 0 spiro atoms. The number of anilines is 1. The summed E-state index contributed by atoms with van der Waals surface area (Å²) in [6.45, 7) is 0.571. The van der Waals surface area contributed by atoms with E-state index < -0.39 is 0 Å². The fourth-order valence-corrected chi connectivity index (χ4v) is 2.88. The van der Waals surface area contributed by atoms with Gasteiger partial charge in [-0.15, -0.1) is 0 Å². The zero-order valence-electron chi connectivity index (χ0n) is 12.2. The molecule has 0 aliphatic heterocycles. The van der Waals surface area contributed by atoms with E-state index in [9.17, 15) is 4.79 Å². The summed E-state index contributed by atoms with van der Waals surface area (Å²) in [6.07, 6.45) is 4.05. The molecule has 1 aliphatic rings. The van der Waals surface area contributed by atoms with Crippen LogP contribution in [0.1, 0.15) is 18.5 Å². The van der Waals surface area contributed by atoms with Gasteiger partial charge < -0.3 is 14.8 Å². The van der Waals surface area contributed by atoms with Crippen molar-refractivity contribution in [1.82, 2.24) is 9.47 Å². The van der Waals surface area contributed by atoms with Crippen molar-refractivity contribution >= 4 is 34.9 Å². The van der Waals surface area contributed by atoms with Crippen LogP contribution in [-0.4, -0.2) is 21.5 Å². The average molecular weight is 338 g/mol. The van der Waals surface area contributed by atoms with Gasteiger partial charge in [-0.1, -0.05) is 29.3 Å². The van der Waals surface area contributed by atoms with E-state index >= 15 is 0 Å². The molecule has 3 rings (SSSR count). The van der Waals surface area contributed by atoms with Crippen molar-refractivity contribution in [3.05, 3.63) is 52.3 Å². The number of amides is 2. The summed E-state index contributed by atoms with van der Waals surface area (Å²) in [5.74, 6) is 0. The lowest BCUT2D eigenvalue weighted by atomic mass is 10.3. The topological polar surface area (TPSA) is 37.3 Å². The molecule has 0 atom stereocenters. The summed E-state index contributed by atoms with van der Waals surface area (Å²) in [7, 11) is 1.98. The fraction of sp³-hybridized carbons (Fsp3) is 0.312. The van der Waals surface area contributed by atoms with E-state index in [0.717, 1.165) is 18.5 Å². The molecule has 2 aromatic rings. The van der Waals surface area contributed by atoms with E-state index in [1.165, 1.54) is 0 Å². The van der Waals surface area contributed by atoms with Gasteiger partial charge in [0.1, 0.15) is 0 Å². The third-order valence-electron chi connectivity index (χ3n) is 3.83. The molecular weight excluding hydrogens is 321 g/mol. The Morgan fingerprint density at radius 2 is 1.95 bits per heavy atom. The third kappa shape index (κ3) is 3.23. The lowest BCUT2D eigenvalue weighted by molar-refractivity contribution is 0.205. The van der Waals surface area contributed by atoms with E-state index in [0.29, 0.717) is 22.3 Å². The number of hydrogen-bond acceptors (Lipinski definition) is 1. The number of carbonyl (C=O) groups excluding carboxylic acids is 1. The van der Waals surface area contributed by atoms with Crippen LogP contribution in [-0.2, 0) is 13.6 Å². The van der Waals surface area contributed by atoms with E-state index in [2.05, 4.69) is 5.32 Å². The lowest BCUT2D eigenvalue weighted by Gasteiger charge is -2.23. The highest BCUT2D eigenvalue weighted by molar-refractivity contribution is 6.39. The van der Waals surface area contributed by atoms with Gasteiger partial charge in [0.15, 0.2) is 0 Å². The molecule has 2 amide bonds. The number of aryl methyl sites for hydroxylation is 1. The number of nitrogens with zero attached hydrogens (tertiary/aromatic N) is 2. The van der Waals surface area contributed by atoms with Gasteiger partial charge in [-0.25, -0.2) is 4.79 Å². The monoisotopic (exact) mass is 337 g/mol. The van der Waals surface area contributed by atoms with Gasteiger partial charge in [0.2, 0.25) is 0 Å². The van der Waals surface area contributed by atoms with Gasteiger partial charge in [-0.05, 0) is 37.1 Å². The van der Waals surface area contributed by atoms with Gasteiger partial charge in [0, 0.05) is 25.0 Å². The number of halogens is 2. The first-order valence-electron chi connectivity index (χ1n) is 7.18. The van der Waals surface area contributed by atoms with Crippen LogP contribution in [0.2, 0.25) is 10.0 Å². The number of para-hydroxylation sites is 1. The summed E-state index contributed by atoms with van der Waals surface area (Å²) in [6, 6.07) is 9.29. The van der Waals surface area contributed by atoms with E-state index in [1.54, 1.807) is 18.2 Å². The molecule has 0 saturated heterocycles. The Hall–Kier alpha value is -1.65. The predicted molar refractivity (Wildman–Crippen MR) is 89.5 cm³/mol. The Kier molecular flexibility index (Phi) is 4.32. The number of benzene rings is 1. The first kappa shape index (κ1) is 15.3. The van der Waals surface area contributed by atoms with Crippen LogP contribution in [0.25, 0.3) is 0 Å². The Labute approximate surface area is 139 Å². The minimum Gasteiger partial charge on any atom is -0.353 e. The Morgan fingerprint density at radius 3 is 2.50 bits per heavy atom. The number of hydrogen-bond donors (Lipinski definition) is 1. The van der Waals surface area contributed by atoms with Crippen LogP contribution < -0.4 is 5.32 Å². The standard InChI is InChI=1S/C16H17Cl2N3O/c1-20-9-3-4-12(20)10-21(11-7-8-11)16(22)19-15-13(17)5-2-6-14(15)18/h2-6,9,11H,7-8,10H2,1H3,(H,19,22). The van der Waals surface area contributed by atoms with Crippen LogP contribution in [0.3, 0.4) is 0 Å². The van der Waals surface area contributed by atoms with Crippen LogP contribution in [0.4, 0.5) is 10.5 Å². The SMILES string of the molecule is Cn1cccc1CN(C(=O)Nc1c(Cl)cccc1Cl)C1CC1. The van der Waals surface area contributed by atoms with Crippen molar-refractivity contribution in [3.63, 3.8) is 0 Å². The summed E-state index contributed by atoms with van der Waals surface area (Å²) in [5.41, 5.74) is 1.56. The van der Waals surface area contributed by atoms with Gasteiger partial charge >= 0.3 is 6.03 Å². The Bertz CT molecular complexity index is 674. The van der Waals surface area contributed by atoms with Gasteiger partial charge in [0.25, 0.3) is 0 Å². The third-order valence-corrected chi connectivity index (χ3v) is 4.46. The summed E-state index contributed by atoms with van der Waals surface area (Å²) < 4.78 is 2.02. The molecule has 0 bridgehead atoms. The summed E-state index contributed by atoms with van der Waals surface area (Å²) in [5, 5.41) is 3.73. The first-order chi connectivity index (χ1) is 10.6. The molecular formula is C16H17Cl2N3O. The van der Waals surface area contributed by atoms with E-state index in [4.69, 9.17) is 23.2 Å². The number of nitrogens with one attached hydrogen (secondary N) is 1. The van der Waals surface area contributed by atoms with Crippen LogP contribution in [0, 0.1) is 0 Å². The highest BCUT2D eigenvalue weighted by atomic mass is 35.5. The predicted octanol–water partition coefficient (Wildman–Crippen LogP) is 4.53. The average Bonchev–Trinajstić information content (AvgIpc) is 3.24. The summed E-state index contributed by atoms with van der Waals surface area (Å²) >= 11 is 12.2. The number of aromatic nitrogens is 1. The second-order valence-electron chi connectivity index (χ2n) is 5.50. The van der Waals surface area contributed by atoms with Crippen molar-refractivity contribution < 1.29 is 4.79 Å². The van der Waals surface area contributed by atoms with Crippen LogP contribution in [0.5, 0.6) is 0 Å². The zero-order valence-corrected chi connectivity index (χ0v) is 13.7. The maximum atomic E-state index is 12.6. The molecule has 1 aromatic carbocycles. The van der Waals surface area contributed by atoms with Gasteiger partial charge in [0.05, 0.1) is 22.3 Å². The van der Waals surface area contributed by atoms with Crippen molar-refractivity contribution in [1.29, 1.82) is 0 Å². The largest absolute Gasteiger partial charge is 0.353 e. The normalized spacial score (nSPS) is 14.0.